The number of sulfonamides is 1. The highest BCUT2D eigenvalue weighted by atomic mass is 35.5. The van der Waals surface area contributed by atoms with Crippen LogP contribution in [-0.4, -0.2) is 19.7 Å². The Labute approximate surface area is 205 Å². The van der Waals surface area contributed by atoms with Gasteiger partial charge in [-0.05, 0) is 54.8 Å². The first-order valence-electron chi connectivity index (χ1n) is 10.7. The first-order chi connectivity index (χ1) is 15.8. The van der Waals surface area contributed by atoms with E-state index in [-0.39, 0.29) is 32.1 Å². The Balaban J connectivity index is 1.89. The van der Waals surface area contributed by atoms with Gasteiger partial charge in [-0.15, -0.1) is 0 Å². The lowest BCUT2D eigenvalue weighted by atomic mass is 10.0. The van der Waals surface area contributed by atoms with Crippen molar-refractivity contribution >= 4 is 50.8 Å². The van der Waals surface area contributed by atoms with E-state index in [0.717, 1.165) is 24.8 Å². The molecule has 174 valence electrons. The molecule has 0 saturated heterocycles. The summed E-state index contributed by atoms with van der Waals surface area (Å²) in [4.78, 5) is 4.52. The number of hydrogen-bond acceptors (Lipinski definition) is 4. The quantitative estimate of drug-likeness (QED) is 0.223. The summed E-state index contributed by atoms with van der Waals surface area (Å²) in [6.45, 7) is 2.17. The summed E-state index contributed by atoms with van der Waals surface area (Å²) in [6.07, 6.45) is 7.02. The van der Waals surface area contributed by atoms with Crippen molar-refractivity contribution in [3.05, 3.63) is 81.8 Å². The zero-order chi connectivity index (χ0) is 23.8. The summed E-state index contributed by atoms with van der Waals surface area (Å²) >= 11 is 12.3. The second kappa shape index (κ2) is 11.5. The third kappa shape index (κ3) is 6.97. The van der Waals surface area contributed by atoms with Gasteiger partial charge in [-0.1, -0.05) is 73.7 Å². The van der Waals surface area contributed by atoms with Crippen molar-refractivity contribution < 1.29 is 13.5 Å². The molecule has 33 heavy (non-hydrogen) atoms. The summed E-state index contributed by atoms with van der Waals surface area (Å²) < 4.78 is 28.1. The summed E-state index contributed by atoms with van der Waals surface area (Å²) in [6, 6.07) is 16.3. The van der Waals surface area contributed by atoms with Crippen LogP contribution in [-0.2, 0) is 16.4 Å². The fourth-order valence-electron chi connectivity index (χ4n) is 3.29. The highest BCUT2D eigenvalue weighted by Gasteiger charge is 2.17. The van der Waals surface area contributed by atoms with Crippen LogP contribution < -0.4 is 4.72 Å². The summed E-state index contributed by atoms with van der Waals surface area (Å²) in [5, 5.41) is 10.7. The molecule has 0 amide bonds. The molecule has 0 saturated carbocycles. The Morgan fingerprint density at radius 2 is 1.70 bits per heavy atom. The van der Waals surface area contributed by atoms with Gasteiger partial charge in [0.25, 0.3) is 10.0 Å². The minimum Gasteiger partial charge on any atom is -0.507 e. The Kier molecular flexibility index (Phi) is 8.78. The van der Waals surface area contributed by atoms with Crippen LogP contribution in [0.15, 0.2) is 70.6 Å². The van der Waals surface area contributed by atoms with Crippen LogP contribution in [0.1, 0.15) is 43.7 Å². The van der Waals surface area contributed by atoms with E-state index < -0.39 is 10.0 Å². The normalized spacial score (nSPS) is 11.7. The van der Waals surface area contributed by atoms with Gasteiger partial charge < -0.3 is 5.11 Å². The molecule has 0 bridgehead atoms. The molecular weight excluding hydrogens is 479 g/mol. The van der Waals surface area contributed by atoms with Crippen molar-refractivity contribution in [2.45, 2.75) is 43.9 Å². The number of aromatic hydroxyl groups is 1. The molecular formula is C25H26Cl2N2O3S. The molecule has 0 aliphatic carbocycles. The number of phenolic OH excluding ortho intramolecular Hbond substituents is 1. The molecule has 3 aromatic rings. The second-order valence-corrected chi connectivity index (χ2v) is 10.2. The zero-order valence-electron chi connectivity index (χ0n) is 18.3. The minimum atomic E-state index is -3.85. The topological polar surface area (TPSA) is 78.8 Å². The van der Waals surface area contributed by atoms with Crippen LogP contribution in [0.25, 0.3) is 0 Å². The van der Waals surface area contributed by atoms with Gasteiger partial charge in [0, 0.05) is 11.8 Å². The van der Waals surface area contributed by atoms with Crippen molar-refractivity contribution in [3.63, 3.8) is 0 Å². The van der Waals surface area contributed by atoms with E-state index in [1.807, 2.05) is 12.1 Å². The van der Waals surface area contributed by atoms with E-state index in [1.54, 1.807) is 24.3 Å². The molecule has 0 aliphatic rings. The lowest BCUT2D eigenvalue weighted by Gasteiger charge is -2.12. The number of phenols is 1. The predicted molar refractivity (Wildman–Crippen MR) is 137 cm³/mol. The fourth-order valence-corrected chi connectivity index (χ4v) is 4.69. The first-order valence-corrected chi connectivity index (χ1v) is 13.0. The molecule has 0 aromatic heterocycles. The largest absolute Gasteiger partial charge is 0.507 e. The van der Waals surface area contributed by atoms with Gasteiger partial charge in [-0.3, -0.25) is 9.71 Å². The first kappa shape index (κ1) is 25.1. The van der Waals surface area contributed by atoms with Crippen molar-refractivity contribution in [2.24, 2.45) is 4.99 Å². The Morgan fingerprint density at radius 1 is 0.970 bits per heavy atom. The lowest BCUT2D eigenvalue weighted by Crippen LogP contribution is -2.13. The van der Waals surface area contributed by atoms with Crippen molar-refractivity contribution in [3.8, 4) is 5.75 Å². The monoisotopic (exact) mass is 504 g/mol. The van der Waals surface area contributed by atoms with E-state index in [9.17, 15) is 13.5 Å². The van der Waals surface area contributed by atoms with E-state index in [4.69, 9.17) is 23.2 Å². The summed E-state index contributed by atoms with van der Waals surface area (Å²) in [5.74, 6) is 0.0857. The van der Waals surface area contributed by atoms with Crippen molar-refractivity contribution in [1.29, 1.82) is 0 Å². The van der Waals surface area contributed by atoms with Gasteiger partial charge >= 0.3 is 0 Å². The average molecular weight is 505 g/mol. The Bertz CT molecular complexity index is 1230. The molecule has 0 heterocycles. The molecule has 0 fully saturated rings. The number of hydrogen-bond donors (Lipinski definition) is 2. The van der Waals surface area contributed by atoms with Crippen LogP contribution in [0.3, 0.4) is 0 Å². The highest BCUT2D eigenvalue weighted by molar-refractivity contribution is 7.92. The maximum absolute atomic E-state index is 12.8. The third-order valence-electron chi connectivity index (χ3n) is 5.09. The molecule has 0 radical (unpaired) electrons. The summed E-state index contributed by atoms with van der Waals surface area (Å²) in [5.41, 5.74) is 2.09. The van der Waals surface area contributed by atoms with Gasteiger partial charge in [0.05, 0.1) is 26.3 Å². The van der Waals surface area contributed by atoms with E-state index in [1.165, 1.54) is 43.3 Å². The number of nitrogens with one attached hydrogen (secondary N) is 1. The zero-order valence-corrected chi connectivity index (χ0v) is 20.6. The lowest BCUT2D eigenvalue weighted by molar-refractivity contribution is 0.474. The molecule has 2 N–H and O–H groups in total. The number of unbranched alkanes of at least 4 members (excludes halogenated alkanes) is 3. The smallest absolute Gasteiger partial charge is 0.261 e. The number of halogens is 2. The SMILES string of the molecule is CCCCCCc1ccc(O)c(C=Nc2cc(Cl)c(Cl)cc2NS(=O)(=O)c2ccccc2)c1. The number of rotatable bonds is 10. The van der Waals surface area contributed by atoms with Crippen LogP contribution in [0.5, 0.6) is 5.75 Å². The van der Waals surface area contributed by atoms with Gasteiger partial charge in [0.1, 0.15) is 5.75 Å². The van der Waals surface area contributed by atoms with Gasteiger partial charge in [0.15, 0.2) is 0 Å². The standard InChI is InChI=1S/C25H26Cl2N2O3S/c1-2-3-4-6-9-18-12-13-25(30)19(14-18)17-28-23-15-21(26)22(27)16-24(23)29-33(31,32)20-10-7-5-8-11-20/h5,7-8,10-17,29-30H,2-4,6,9H2,1H3. The van der Waals surface area contributed by atoms with Crippen LogP contribution in [0.2, 0.25) is 10.0 Å². The van der Waals surface area contributed by atoms with Crippen LogP contribution in [0, 0.1) is 0 Å². The highest BCUT2D eigenvalue weighted by Crippen LogP contribution is 2.36. The van der Waals surface area contributed by atoms with E-state index >= 15 is 0 Å². The molecule has 0 spiro atoms. The van der Waals surface area contributed by atoms with Crippen molar-refractivity contribution in [1.82, 2.24) is 0 Å². The van der Waals surface area contributed by atoms with Crippen LogP contribution >= 0.6 is 23.2 Å². The number of anilines is 1. The van der Waals surface area contributed by atoms with Gasteiger partial charge in [-0.25, -0.2) is 8.42 Å². The van der Waals surface area contributed by atoms with E-state index in [2.05, 4.69) is 16.6 Å². The molecule has 0 unspecified atom stereocenters. The minimum absolute atomic E-state index is 0.0857. The van der Waals surface area contributed by atoms with E-state index in [0.29, 0.717) is 5.56 Å². The molecule has 8 heteroatoms. The van der Waals surface area contributed by atoms with Crippen molar-refractivity contribution in [2.75, 3.05) is 4.72 Å². The predicted octanol–water partition coefficient (Wildman–Crippen LogP) is 7.37. The van der Waals surface area contributed by atoms with Gasteiger partial charge in [0.2, 0.25) is 0 Å². The van der Waals surface area contributed by atoms with Gasteiger partial charge in [-0.2, -0.15) is 0 Å². The molecule has 3 rings (SSSR count). The second-order valence-electron chi connectivity index (χ2n) is 7.66. The fraction of sp³-hybridized carbons (Fsp3) is 0.240. The molecule has 0 aliphatic heterocycles. The molecule has 3 aromatic carbocycles. The number of aryl methyl sites for hydroxylation is 1. The Hall–Kier alpha value is -2.54. The molecule has 0 atom stereocenters. The third-order valence-corrected chi connectivity index (χ3v) is 7.19. The number of aliphatic imine (C=N–C) groups is 1. The molecule has 5 nitrogen and oxygen atoms in total. The maximum atomic E-state index is 12.8. The summed E-state index contributed by atoms with van der Waals surface area (Å²) in [7, 11) is -3.85. The Morgan fingerprint density at radius 3 is 2.42 bits per heavy atom. The average Bonchev–Trinajstić information content (AvgIpc) is 2.80. The number of nitrogens with zero attached hydrogens (tertiary/aromatic N) is 1. The number of benzene rings is 3. The maximum Gasteiger partial charge on any atom is 0.261 e. The van der Waals surface area contributed by atoms with Crippen LogP contribution in [0.4, 0.5) is 11.4 Å².